The first-order valence-corrected chi connectivity index (χ1v) is 8.22. The van der Waals surface area contributed by atoms with Crippen LogP contribution in [0.25, 0.3) is 5.82 Å². The van der Waals surface area contributed by atoms with Crippen molar-refractivity contribution in [3.63, 3.8) is 0 Å². The van der Waals surface area contributed by atoms with Crippen molar-refractivity contribution in [3.05, 3.63) is 54.4 Å². The van der Waals surface area contributed by atoms with Gasteiger partial charge >= 0.3 is 0 Å². The Morgan fingerprint density at radius 3 is 2.68 bits per heavy atom. The fourth-order valence-corrected chi connectivity index (χ4v) is 2.95. The fourth-order valence-electron chi connectivity index (χ4n) is 2.95. The number of carbonyl (C=O) groups excluding carboxylic acids is 1. The van der Waals surface area contributed by atoms with Gasteiger partial charge in [0.15, 0.2) is 5.82 Å². The van der Waals surface area contributed by atoms with E-state index in [0.29, 0.717) is 24.6 Å². The molecule has 3 aromatic rings. The monoisotopic (exact) mass is 337 g/mol. The lowest BCUT2D eigenvalue weighted by Crippen LogP contribution is -2.49. The van der Waals surface area contributed by atoms with Gasteiger partial charge < -0.3 is 9.80 Å². The van der Waals surface area contributed by atoms with E-state index in [1.165, 1.54) is 0 Å². The smallest absolute Gasteiger partial charge is 0.272 e. The Morgan fingerprint density at radius 1 is 1.16 bits per heavy atom. The number of nitrogens with one attached hydrogen (secondary N) is 1. The quantitative estimate of drug-likeness (QED) is 0.778. The number of aromatic nitrogens is 5. The van der Waals surface area contributed by atoms with Gasteiger partial charge in [0.2, 0.25) is 0 Å². The van der Waals surface area contributed by atoms with Crippen LogP contribution >= 0.6 is 0 Å². The van der Waals surface area contributed by atoms with E-state index in [0.717, 1.165) is 24.6 Å². The number of aromatic amines is 1. The molecular weight excluding hydrogens is 318 g/mol. The highest BCUT2D eigenvalue weighted by Gasteiger charge is 2.24. The van der Waals surface area contributed by atoms with E-state index in [4.69, 9.17) is 0 Å². The van der Waals surface area contributed by atoms with Crippen molar-refractivity contribution in [2.24, 2.45) is 0 Å². The number of hydrogen-bond acceptors (Lipinski definition) is 5. The van der Waals surface area contributed by atoms with Crippen molar-refractivity contribution < 1.29 is 4.79 Å². The Kier molecular flexibility index (Phi) is 3.93. The van der Waals surface area contributed by atoms with E-state index in [2.05, 4.69) is 25.1 Å². The summed E-state index contributed by atoms with van der Waals surface area (Å²) in [5, 5.41) is 7.24. The fraction of sp³-hybridized carbons (Fsp3) is 0.294. The second kappa shape index (κ2) is 6.39. The zero-order chi connectivity index (χ0) is 17.2. The third-order valence-corrected chi connectivity index (χ3v) is 4.31. The van der Waals surface area contributed by atoms with Gasteiger partial charge in [-0.1, -0.05) is 6.07 Å². The van der Waals surface area contributed by atoms with Gasteiger partial charge in [-0.25, -0.2) is 9.97 Å². The van der Waals surface area contributed by atoms with Gasteiger partial charge in [0.05, 0.1) is 0 Å². The van der Waals surface area contributed by atoms with Gasteiger partial charge in [0.1, 0.15) is 17.8 Å². The SMILES string of the molecule is Cc1cc(N2CCN(C(=O)c3cccc(-n4ccnc4)n3)CC2)n[nH]1. The van der Waals surface area contributed by atoms with Crippen LogP contribution in [0.15, 0.2) is 43.0 Å². The average molecular weight is 337 g/mol. The zero-order valence-corrected chi connectivity index (χ0v) is 14.0. The van der Waals surface area contributed by atoms with Crippen LogP contribution in [0.2, 0.25) is 0 Å². The van der Waals surface area contributed by atoms with Crippen LogP contribution in [0.4, 0.5) is 5.82 Å². The molecule has 0 saturated carbocycles. The molecule has 1 fully saturated rings. The predicted molar refractivity (Wildman–Crippen MR) is 92.8 cm³/mol. The molecule has 0 spiro atoms. The van der Waals surface area contributed by atoms with Gasteiger partial charge in [-0.15, -0.1) is 0 Å². The molecule has 0 aromatic carbocycles. The minimum absolute atomic E-state index is 0.0418. The standard InChI is InChI=1S/C17H19N7O/c1-13-11-16(21-20-13)22-7-9-23(10-8-22)17(25)14-3-2-4-15(19-14)24-6-5-18-12-24/h2-6,11-12H,7-10H2,1H3,(H,20,21). The van der Waals surface area contributed by atoms with Gasteiger partial charge in [-0.2, -0.15) is 5.10 Å². The van der Waals surface area contributed by atoms with E-state index in [9.17, 15) is 4.79 Å². The van der Waals surface area contributed by atoms with E-state index in [1.54, 1.807) is 29.4 Å². The Bertz CT molecular complexity index is 863. The van der Waals surface area contributed by atoms with Crippen LogP contribution in [0.3, 0.4) is 0 Å². The lowest BCUT2D eigenvalue weighted by atomic mass is 10.2. The van der Waals surface area contributed by atoms with Crippen LogP contribution in [-0.2, 0) is 0 Å². The van der Waals surface area contributed by atoms with Crippen molar-refractivity contribution in [1.82, 2.24) is 29.6 Å². The number of rotatable bonds is 3. The number of amides is 1. The molecule has 8 heteroatoms. The van der Waals surface area contributed by atoms with Gasteiger partial charge in [0, 0.05) is 50.3 Å². The number of anilines is 1. The molecule has 1 saturated heterocycles. The van der Waals surface area contributed by atoms with Crippen LogP contribution < -0.4 is 4.90 Å². The summed E-state index contributed by atoms with van der Waals surface area (Å²) in [6.07, 6.45) is 5.16. The van der Waals surface area contributed by atoms with Crippen molar-refractivity contribution in [2.75, 3.05) is 31.1 Å². The summed E-state index contributed by atoms with van der Waals surface area (Å²) in [6, 6.07) is 7.48. The molecule has 4 heterocycles. The number of H-pyrrole nitrogens is 1. The molecular formula is C17H19N7O. The van der Waals surface area contributed by atoms with Crippen LogP contribution in [0.5, 0.6) is 0 Å². The lowest BCUT2D eigenvalue weighted by molar-refractivity contribution is 0.0740. The first-order chi connectivity index (χ1) is 12.2. The Balaban J connectivity index is 1.45. The number of pyridine rings is 1. The number of hydrogen-bond donors (Lipinski definition) is 1. The van der Waals surface area contributed by atoms with Crippen LogP contribution in [-0.4, -0.2) is 61.7 Å². The molecule has 0 unspecified atom stereocenters. The van der Waals surface area contributed by atoms with E-state index < -0.39 is 0 Å². The highest BCUT2D eigenvalue weighted by molar-refractivity contribution is 5.92. The number of aryl methyl sites for hydroxylation is 1. The Morgan fingerprint density at radius 2 is 2.00 bits per heavy atom. The largest absolute Gasteiger partial charge is 0.352 e. The first kappa shape index (κ1) is 15.4. The summed E-state index contributed by atoms with van der Waals surface area (Å²) in [5.74, 6) is 1.58. The van der Waals surface area contributed by atoms with Crippen molar-refractivity contribution in [3.8, 4) is 5.82 Å². The summed E-state index contributed by atoms with van der Waals surface area (Å²) < 4.78 is 1.79. The molecule has 0 radical (unpaired) electrons. The minimum atomic E-state index is -0.0418. The van der Waals surface area contributed by atoms with E-state index in [-0.39, 0.29) is 5.91 Å². The number of nitrogens with zero attached hydrogens (tertiary/aromatic N) is 6. The zero-order valence-electron chi connectivity index (χ0n) is 14.0. The van der Waals surface area contributed by atoms with Gasteiger partial charge in [0.25, 0.3) is 5.91 Å². The second-order valence-electron chi connectivity index (χ2n) is 6.04. The minimum Gasteiger partial charge on any atom is -0.352 e. The molecule has 1 aliphatic rings. The number of piperazine rings is 1. The maximum atomic E-state index is 12.8. The second-order valence-corrected chi connectivity index (χ2v) is 6.04. The van der Waals surface area contributed by atoms with Gasteiger partial charge in [-0.3, -0.25) is 14.5 Å². The average Bonchev–Trinajstić information content (AvgIpc) is 3.33. The summed E-state index contributed by atoms with van der Waals surface area (Å²) in [5.41, 5.74) is 1.49. The lowest BCUT2D eigenvalue weighted by Gasteiger charge is -2.34. The molecule has 25 heavy (non-hydrogen) atoms. The topological polar surface area (TPSA) is 82.9 Å². The summed E-state index contributed by atoms with van der Waals surface area (Å²) >= 11 is 0. The molecule has 3 aromatic heterocycles. The number of carbonyl (C=O) groups is 1. The highest BCUT2D eigenvalue weighted by Crippen LogP contribution is 2.16. The van der Waals surface area contributed by atoms with E-state index in [1.807, 2.05) is 30.0 Å². The maximum Gasteiger partial charge on any atom is 0.272 e. The van der Waals surface area contributed by atoms with E-state index >= 15 is 0 Å². The molecule has 128 valence electrons. The molecule has 0 atom stereocenters. The Labute approximate surface area is 145 Å². The maximum absolute atomic E-state index is 12.8. The van der Waals surface area contributed by atoms with Crippen molar-refractivity contribution in [2.45, 2.75) is 6.92 Å². The molecule has 0 aliphatic carbocycles. The molecule has 0 bridgehead atoms. The summed E-state index contributed by atoms with van der Waals surface area (Å²) in [6.45, 7) is 4.81. The van der Waals surface area contributed by atoms with Crippen molar-refractivity contribution in [1.29, 1.82) is 0 Å². The van der Waals surface area contributed by atoms with Crippen molar-refractivity contribution >= 4 is 11.7 Å². The molecule has 4 rings (SSSR count). The molecule has 1 aliphatic heterocycles. The summed E-state index contributed by atoms with van der Waals surface area (Å²) in [7, 11) is 0. The number of imidazole rings is 1. The van der Waals surface area contributed by atoms with Gasteiger partial charge in [-0.05, 0) is 19.1 Å². The first-order valence-electron chi connectivity index (χ1n) is 8.22. The molecule has 8 nitrogen and oxygen atoms in total. The molecule has 1 N–H and O–H groups in total. The normalized spacial score (nSPS) is 14.8. The predicted octanol–water partition coefficient (Wildman–Crippen LogP) is 1.26. The highest BCUT2D eigenvalue weighted by atomic mass is 16.2. The third-order valence-electron chi connectivity index (χ3n) is 4.31. The van der Waals surface area contributed by atoms with Crippen LogP contribution in [0.1, 0.15) is 16.2 Å². The third kappa shape index (κ3) is 3.10. The molecule has 1 amide bonds. The summed E-state index contributed by atoms with van der Waals surface area (Å²) in [4.78, 5) is 25.3. The van der Waals surface area contributed by atoms with Crippen LogP contribution in [0, 0.1) is 6.92 Å². The Hall–Kier alpha value is -3.16.